The van der Waals surface area contributed by atoms with E-state index in [0.717, 1.165) is 25.2 Å². The summed E-state index contributed by atoms with van der Waals surface area (Å²) in [4.78, 5) is 0. The topological polar surface area (TPSA) is 86.9 Å². The second-order valence-corrected chi connectivity index (χ2v) is 5.51. The molecular formula is C9H18N4O2S. The Labute approximate surface area is 95.9 Å². The molecule has 0 spiro atoms. The van der Waals surface area contributed by atoms with Crippen molar-refractivity contribution in [1.29, 1.82) is 0 Å². The zero-order valence-electron chi connectivity index (χ0n) is 9.36. The fraction of sp³-hybridized carbons (Fsp3) is 0.667. The number of nitrogens with one attached hydrogen (secondary N) is 3. The summed E-state index contributed by atoms with van der Waals surface area (Å²) in [5.74, 6) is 0.134. The Hall–Kier alpha value is -0.920. The summed E-state index contributed by atoms with van der Waals surface area (Å²) in [6, 6.07) is 1.90. The van der Waals surface area contributed by atoms with Gasteiger partial charge in [0.05, 0.1) is 5.75 Å². The average molecular weight is 246 g/mol. The average Bonchev–Trinajstić information content (AvgIpc) is 2.76. The molecule has 0 saturated heterocycles. The summed E-state index contributed by atoms with van der Waals surface area (Å²) in [5.41, 5.74) is 1.02. The van der Waals surface area contributed by atoms with Crippen LogP contribution in [0.5, 0.6) is 0 Å². The van der Waals surface area contributed by atoms with E-state index in [0.29, 0.717) is 6.54 Å². The summed E-state index contributed by atoms with van der Waals surface area (Å²) >= 11 is 0. The standard InChI is InChI=1S/C9H18N4O2S/c1-2-16(14,15)12-6-3-5-10-8-9-4-7-11-13-9/h4,7,10,12H,2-3,5-6,8H2,1H3,(H,11,13). The lowest BCUT2D eigenvalue weighted by Gasteiger charge is -2.05. The summed E-state index contributed by atoms with van der Waals surface area (Å²) < 4.78 is 24.7. The maximum absolute atomic E-state index is 11.1. The fourth-order valence-electron chi connectivity index (χ4n) is 1.15. The van der Waals surface area contributed by atoms with Gasteiger partial charge in [-0.3, -0.25) is 5.10 Å². The molecule has 0 amide bonds. The van der Waals surface area contributed by atoms with Gasteiger partial charge in [-0.2, -0.15) is 5.10 Å². The van der Waals surface area contributed by atoms with Crippen LogP contribution >= 0.6 is 0 Å². The van der Waals surface area contributed by atoms with Crippen LogP contribution in [-0.2, 0) is 16.6 Å². The first-order valence-electron chi connectivity index (χ1n) is 5.30. The zero-order chi connectivity index (χ0) is 11.9. The van der Waals surface area contributed by atoms with Crippen LogP contribution in [0.25, 0.3) is 0 Å². The van der Waals surface area contributed by atoms with Crippen molar-refractivity contribution in [3.63, 3.8) is 0 Å². The Balaban J connectivity index is 2.01. The highest BCUT2D eigenvalue weighted by Gasteiger charge is 2.03. The highest BCUT2D eigenvalue weighted by Crippen LogP contribution is 1.89. The molecule has 0 aliphatic carbocycles. The minimum atomic E-state index is -3.04. The maximum atomic E-state index is 11.1. The Morgan fingerprint density at radius 3 is 2.88 bits per heavy atom. The van der Waals surface area contributed by atoms with E-state index in [4.69, 9.17) is 0 Å². The number of hydrogen-bond donors (Lipinski definition) is 3. The van der Waals surface area contributed by atoms with Gasteiger partial charge in [-0.05, 0) is 26.0 Å². The van der Waals surface area contributed by atoms with Gasteiger partial charge in [0.15, 0.2) is 0 Å². The van der Waals surface area contributed by atoms with E-state index >= 15 is 0 Å². The van der Waals surface area contributed by atoms with Crippen molar-refractivity contribution in [2.45, 2.75) is 19.9 Å². The number of nitrogens with zero attached hydrogens (tertiary/aromatic N) is 1. The van der Waals surface area contributed by atoms with Gasteiger partial charge in [0.2, 0.25) is 10.0 Å². The van der Waals surface area contributed by atoms with Gasteiger partial charge in [-0.25, -0.2) is 13.1 Å². The van der Waals surface area contributed by atoms with E-state index in [9.17, 15) is 8.42 Å². The van der Waals surface area contributed by atoms with Crippen molar-refractivity contribution in [2.75, 3.05) is 18.8 Å². The first-order chi connectivity index (χ1) is 7.64. The number of H-pyrrole nitrogens is 1. The van der Waals surface area contributed by atoms with Gasteiger partial charge in [0.25, 0.3) is 0 Å². The van der Waals surface area contributed by atoms with E-state index in [1.165, 1.54) is 0 Å². The normalized spacial score (nSPS) is 11.8. The molecule has 0 atom stereocenters. The second-order valence-electron chi connectivity index (χ2n) is 3.41. The molecule has 1 aromatic heterocycles. The molecule has 0 radical (unpaired) electrons. The summed E-state index contributed by atoms with van der Waals surface area (Å²) in [6.07, 6.45) is 2.47. The number of sulfonamides is 1. The number of hydrogen-bond acceptors (Lipinski definition) is 4. The summed E-state index contributed by atoms with van der Waals surface area (Å²) in [7, 11) is -3.04. The summed E-state index contributed by atoms with van der Waals surface area (Å²) in [5, 5.41) is 9.85. The largest absolute Gasteiger partial charge is 0.311 e. The lowest BCUT2D eigenvalue weighted by Crippen LogP contribution is -2.28. The van der Waals surface area contributed by atoms with Crippen molar-refractivity contribution in [3.8, 4) is 0 Å². The third-order valence-electron chi connectivity index (χ3n) is 2.11. The zero-order valence-corrected chi connectivity index (χ0v) is 10.2. The first kappa shape index (κ1) is 13.1. The molecule has 3 N–H and O–H groups in total. The molecule has 0 fully saturated rings. The van der Waals surface area contributed by atoms with Crippen LogP contribution in [0.1, 0.15) is 19.0 Å². The molecule has 0 aliphatic heterocycles. The van der Waals surface area contributed by atoms with Gasteiger partial charge in [0.1, 0.15) is 0 Å². The smallest absolute Gasteiger partial charge is 0.211 e. The molecule has 0 aromatic carbocycles. The monoisotopic (exact) mass is 246 g/mol. The lowest BCUT2D eigenvalue weighted by molar-refractivity contribution is 0.574. The third-order valence-corrected chi connectivity index (χ3v) is 3.51. The van der Waals surface area contributed by atoms with Gasteiger partial charge in [-0.1, -0.05) is 0 Å². The van der Waals surface area contributed by atoms with Crippen LogP contribution < -0.4 is 10.0 Å². The molecular weight excluding hydrogens is 228 g/mol. The molecule has 16 heavy (non-hydrogen) atoms. The Morgan fingerprint density at radius 2 is 2.25 bits per heavy atom. The van der Waals surface area contributed by atoms with Gasteiger partial charge in [0, 0.05) is 25.0 Å². The molecule has 92 valence electrons. The fourth-order valence-corrected chi connectivity index (χ4v) is 1.81. The van der Waals surface area contributed by atoms with E-state index in [1.54, 1.807) is 13.1 Å². The predicted octanol–water partition coefficient (Wildman–Crippen LogP) is -0.171. The van der Waals surface area contributed by atoms with Gasteiger partial charge < -0.3 is 5.32 Å². The van der Waals surface area contributed by atoms with Crippen LogP contribution in [0.4, 0.5) is 0 Å². The van der Waals surface area contributed by atoms with Gasteiger partial charge >= 0.3 is 0 Å². The van der Waals surface area contributed by atoms with Crippen LogP contribution in [0.15, 0.2) is 12.3 Å². The molecule has 1 heterocycles. The highest BCUT2D eigenvalue weighted by molar-refractivity contribution is 7.89. The van der Waals surface area contributed by atoms with Crippen molar-refractivity contribution in [3.05, 3.63) is 18.0 Å². The lowest BCUT2D eigenvalue weighted by atomic mass is 10.4. The van der Waals surface area contributed by atoms with Crippen LogP contribution in [0.3, 0.4) is 0 Å². The summed E-state index contributed by atoms with van der Waals surface area (Å²) in [6.45, 7) is 3.59. The molecule has 1 aromatic rings. The predicted molar refractivity (Wildman–Crippen MR) is 62.4 cm³/mol. The molecule has 0 bridgehead atoms. The molecule has 0 saturated carbocycles. The molecule has 0 aliphatic rings. The second kappa shape index (κ2) is 6.62. The molecule has 0 unspecified atom stereocenters. The van der Waals surface area contributed by atoms with Crippen LogP contribution in [0.2, 0.25) is 0 Å². The Kier molecular flexibility index (Phi) is 5.44. The molecule has 7 heteroatoms. The SMILES string of the molecule is CCS(=O)(=O)NCCCNCc1ccn[nH]1. The number of aromatic amines is 1. The minimum absolute atomic E-state index is 0.134. The maximum Gasteiger partial charge on any atom is 0.211 e. The van der Waals surface area contributed by atoms with Crippen molar-refractivity contribution >= 4 is 10.0 Å². The van der Waals surface area contributed by atoms with Gasteiger partial charge in [-0.15, -0.1) is 0 Å². The van der Waals surface area contributed by atoms with Crippen LogP contribution in [-0.4, -0.2) is 37.5 Å². The van der Waals surface area contributed by atoms with Crippen molar-refractivity contribution in [2.24, 2.45) is 0 Å². The van der Waals surface area contributed by atoms with Crippen molar-refractivity contribution in [1.82, 2.24) is 20.2 Å². The molecule has 6 nitrogen and oxygen atoms in total. The minimum Gasteiger partial charge on any atom is -0.311 e. The molecule has 1 rings (SSSR count). The Bertz CT molecular complexity index is 374. The Morgan fingerprint density at radius 1 is 1.44 bits per heavy atom. The van der Waals surface area contributed by atoms with E-state index in [2.05, 4.69) is 20.2 Å². The number of aromatic nitrogens is 2. The van der Waals surface area contributed by atoms with E-state index in [-0.39, 0.29) is 5.75 Å². The van der Waals surface area contributed by atoms with Crippen LogP contribution in [0, 0.1) is 0 Å². The quantitative estimate of drug-likeness (QED) is 0.556. The van der Waals surface area contributed by atoms with E-state index < -0.39 is 10.0 Å². The first-order valence-corrected chi connectivity index (χ1v) is 6.95. The third kappa shape index (κ3) is 5.24. The highest BCUT2D eigenvalue weighted by atomic mass is 32.2. The number of rotatable bonds is 8. The van der Waals surface area contributed by atoms with Crippen molar-refractivity contribution < 1.29 is 8.42 Å². The van der Waals surface area contributed by atoms with E-state index in [1.807, 2.05) is 6.07 Å².